The first-order valence-electron chi connectivity index (χ1n) is 17.5. The number of carboxylic acids is 1. The van der Waals surface area contributed by atoms with Gasteiger partial charge in [0.25, 0.3) is 0 Å². The highest BCUT2D eigenvalue weighted by molar-refractivity contribution is 5.96. The van der Waals surface area contributed by atoms with Gasteiger partial charge in [-0.05, 0) is 91.0 Å². The van der Waals surface area contributed by atoms with Crippen LogP contribution in [-0.2, 0) is 37.9 Å². The molecule has 308 valence electrons. The maximum atomic E-state index is 12.6. The third-order valence-corrected chi connectivity index (χ3v) is 7.57. The van der Waals surface area contributed by atoms with Gasteiger partial charge in [-0.15, -0.1) is 0 Å². The van der Waals surface area contributed by atoms with Gasteiger partial charge in [0, 0.05) is 0 Å². The molecule has 0 amide bonds. The second kappa shape index (κ2) is 23.0. The third-order valence-electron chi connectivity index (χ3n) is 7.57. The molecule has 0 heterocycles. The van der Waals surface area contributed by atoms with Gasteiger partial charge in [0.1, 0.15) is 39.6 Å². The number of benzene rings is 4. The largest absolute Gasteiger partial charge is 0.478 e. The zero-order valence-electron chi connectivity index (χ0n) is 31.0. The van der Waals surface area contributed by atoms with E-state index in [-0.39, 0.29) is 104 Å². The summed E-state index contributed by atoms with van der Waals surface area (Å²) < 4.78 is 40.3. The molecule has 0 aliphatic heterocycles. The van der Waals surface area contributed by atoms with Gasteiger partial charge in [-0.3, -0.25) is 0 Å². The summed E-state index contributed by atoms with van der Waals surface area (Å²) in [6, 6.07) is 21.2. The number of esters is 7. The summed E-state index contributed by atoms with van der Waals surface area (Å²) >= 11 is 0. The van der Waals surface area contributed by atoms with Crippen molar-refractivity contribution >= 4 is 47.8 Å². The van der Waals surface area contributed by atoms with Crippen LogP contribution in [0.3, 0.4) is 0 Å². The molecule has 18 nitrogen and oxygen atoms in total. The number of rotatable bonds is 21. The van der Waals surface area contributed by atoms with Crippen molar-refractivity contribution in [1.82, 2.24) is 0 Å². The highest BCUT2D eigenvalue weighted by atomic mass is 16.7. The number of aromatic carboxylic acids is 1. The van der Waals surface area contributed by atoms with Gasteiger partial charge in [0.15, 0.2) is 6.79 Å². The second-order valence-corrected chi connectivity index (χ2v) is 11.6. The molecule has 59 heavy (non-hydrogen) atoms. The fraction of sp³-hybridized carbons (Fsp3) is 0.220. The fourth-order valence-electron chi connectivity index (χ4n) is 4.61. The Balaban J connectivity index is 1.10. The number of hydrogen-bond acceptors (Lipinski definition) is 17. The Morgan fingerprint density at radius 1 is 0.356 bits per heavy atom. The van der Waals surface area contributed by atoms with Gasteiger partial charge in [0.2, 0.25) is 0 Å². The standard InChI is InChI=1S/C41H36O18/c42-16-17-52-25-59-39(49)31-14-12-30(13-15-31)38(48)56-21-23-58-41(51)33-3-1-2-32(24-33)40(50)57-22-20-55-37(47)29-10-8-28(9-11-29)36(46)54-19-18-53-35(45)27-6-4-26(5-7-27)34(43)44/h1-15,24,42H,16-23,25H2,(H,43,44). The summed E-state index contributed by atoms with van der Waals surface area (Å²) in [7, 11) is 0. The van der Waals surface area contributed by atoms with E-state index in [0.717, 1.165) is 0 Å². The van der Waals surface area contributed by atoms with Crippen LogP contribution in [-0.4, -0.2) is 118 Å². The smallest absolute Gasteiger partial charge is 0.340 e. The van der Waals surface area contributed by atoms with E-state index in [0.29, 0.717) is 0 Å². The van der Waals surface area contributed by atoms with Gasteiger partial charge in [0.05, 0.1) is 57.7 Å². The van der Waals surface area contributed by atoms with Gasteiger partial charge in [-0.2, -0.15) is 0 Å². The van der Waals surface area contributed by atoms with Crippen LogP contribution in [0.2, 0.25) is 0 Å². The maximum Gasteiger partial charge on any atom is 0.340 e. The second-order valence-electron chi connectivity index (χ2n) is 11.6. The van der Waals surface area contributed by atoms with Crippen molar-refractivity contribution in [1.29, 1.82) is 0 Å². The molecule has 4 aromatic carbocycles. The van der Waals surface area contributed by atoms with Crippen LogP contribution in [0.4, 0.5) is 0 Å². The number of carbonyl (C=O) groups is 8. The van der Waals surface area contributed by atoms with Crippen LogP contribution in [0.15, 0.2) is 97.1 Å². The van der Waals surface area contributed by atoms with Crippen molar-refractivity contribution in [3.63, 3.8) is 0 Å². The van der Waals surface area contributed by atoms with E-state index in [1.165, 1.54) is 97.1 Å². The summed E-state index contributed by atoms with van der Waals surface area (Å²) in [5, 5.41) is 17.6. The predicted molar refractivity (Wildman–Crippen MR) is 198 cm³/mol. The van der Waals surface area contributed by atoms with Gasteiger partial charge in [-0.1, -0.05) is 6.07 Å². The molecule has 2 N–H and O–H groups in total. The van der Waals surface area contributed by atoms with Crippen molar-refractivity contribution < 1.29 is 86.5 Å². The minimum Gasteiger partial charge on any atom is -0.478 e. The van der Waals surface area contributed by atoms with Crippen LogP contribution in [0.5, 0.6) is 0 Å². The van der Waals surface area contributed by atoms with Crippen molar-refractivity contribution in [2.45, 2.75) is 0 Å². The predicted octanol–water partition coefficient (Wildman–Crippen LogP) is 3.55. The molecular formula is C41H36O18. The first-order chi connectivity index (χ1) is 28.5. The van der Waals surface area contributed by atoms with E-state index >= 15 is 0 Å². The van der Waals surface area contributed by atoms with Crippen LogP contribution in [0.25, 0.3) is 0 Å². The van der Waals surface area contributed by atoms with Crippen molar-refractivity contribution in [2.75, 3.05) is 59.6 Å². The lowest BCUT2D eigenvalue weighted by molar-refractivity contribution is -0.0399. The Labute approximate surface area is 335 Å². The van der Waals surface area contributed by atoms with Crippen LogP contribution >= 0.6 is 0 Å². The molecule has 0 saturated heterocycles. The Kier molecular flexibility index (Phi) is 17.2. The summed E-state index contributed by atoms with van der Waals surface area (Å²) in [4.78, 5) is 97.1. The first-order valence-corrected chi connectivity index (χ1v) is 17.5. The number of aliphatic hydroxyl groups excluding tert-OH is 1. The molecule has 4 rings (SSSR count). The molecule has 0 radical (unpaired) electrons. The molecule has 0 aliphatic carbocycles. The summed E-state index contributed by atoms with van der Waals surface area (Å²) in [5.74, 6) is -6.43. The van der Waals surface area contributed by atoms with Gasteiger partial charge < -0.3 is 48.1 Å². The summed E-state index contributed by atoms with van der Waals surface area (Å²) in [6.07, 6.45) is 0. The van der Waals surface area contributed by atoms with Crippen molar-refractivity contribution in [3.8, 4) is 0 Å². The van der Waals surface area contributed by atoms with Crippen molar-refractivity contribution in [2.24, 2.45) is 0 Å². The molecule has 0 saturated carbocycles. The molecule has 0 atom stereocenters. The van der Waals surface area contributed by atoms with Crippen LogP contribution < -0.4 is 0 Å². The fourth-order valence-corrected chi connectivity index (χ4v) is 4.61. The van der Waals surface area contributed by atoms with Crippen molar-refractivity contribution in [3.05, 3.63) is 142 Å². The van der Waals surface area contributed by atoms with Crippen LogP contribution in [0, 0.1) is 0 Å². The zero-order chi connectivity index (χ0) is 42.6. The Morgan fingerprint density at radius 3 is 0.915 bits per heavy atom. The SMILES string of the molecule is O=C(O)c1ccc(C(=O)OCCOC(=O)c2ccc(C(=O)OCCOC(=O)c3cccc(C(=O)OCCOC(=O)c4ccc(C(=O)OCOCCO)cc4)c3)cc2)cc1. The van der Waals surface area contributed by atoms with E-state index in [4.69, 9.17) is 48.1 Å². The van der Waals surface area contributed by atoms with Gasteiger partial charge in [-0.25, -0.2) is 38.4 Å². The summed E-state index contributed by atoms with van der Waals surface area (Å²) in [6.45, 7) is -2.28. The molecule has 4 aromatic rings. The normalized spacial score (nSPS) is 10.4. The van der Waals surface area contributed by atoms with Gasteiger partial charge >= 0.3 is 47.8 Å². The highest BCUT2D eigenvalue weighted by Gasteiger charge is 2.16. The third kappa shape index (κ3) is 14.2. The van der Waals surface area contributed by atoms with E-state index in [1.807, 2.05) is 0 Å². The average molecular weight is 817 g/mol. The Bertz CT molecular complexity index is 2110. The lowest BCUT2D eigenvalue weighted by atomic mass is 10.1. The van der Waals surface area contributed by atoms with Crippen LogP contribution in [0.1, 0.15) is 82.9 Å². The number of ether oxygens (including phenoxy) is 8. The number of aliphatic hydroxyl groups is 1. The Morgan fingerprint density at radius 2 is 0.627 bits per heavy atom. The molecule has 0 aliphatic rings. The molecule has 0 unspecified atom stereocenters. The molecule has 0 fully saturated rings. The van der Waals surface area contributed by atoms with E-state index in [9.17, 15) is 38.4 Å². The number of carboxylic acid groups (broad SMARTS) is 1. The molecule has 0 spiro atoms. The molecule has 0 bridgehead atoms. The Hall–Kier alpha value is -7.44. The summed E-state index contributed by atoms with van der Waals surface area (Å²) in [5.41, 5.74) is 0.631. The lowest BCUT2D eigenvalue weighted by Crippen LogP contribution is -2.16. The first kappa shape index (κ1) is 44.3. The quantitative estimate of drug-likeness (QED) is 0.0528. The minimum absolute atomic E-state index is 0.00669. The number of hydrogen-bond donors (Lipinski definition) is 2. The topological polar surface area (TPSA) is 251 Å². The monoisotopic (exact) mass is 816 g/mol. The minimum atomic E-state index is -1.14. The van der Waals surface area contributed by atoms with E-state index < -0.39 is 47.8 Å². The van der Waals surface area contributed by atoms with E-state index in [2.05, 4.69) is 0 Å². The molecule has 18 heteroatoms. The average Bonchev–Trinajstić information content (AvgIpc) is 3.26. The number of carbonyl (C=O) groups excluding carboxylic acids is 7. The maximum absolute atomic E-state index is 12.6. The van der Waals surface area contributed by atoms with E-state index in [1.54, 1.807) is 0 Å². The zero-order valence-corrected chi connectivity index (χ0v) is 31.0. The molecule has 0 aromatic heterocycles. The highest BCUT2D eigenvalue weighted by Crippen LogP contribution is 2.12. The lowest BCUT2D eigenvalue weighted by Gasteiger charge is -2.09. The molecular weight excluding hydrogens is 780 g/mol.